The molecular weight excluding hydrogens is 470 g/mol. The summed E-state index contributed by atoms with van der Waals surface area (Å²) in [7, 11) is -1.67. The molecule has 0 bridgehead atoms. The largest absolute Gasteiger partial charge is 0.497 e. The Hall–Kier alpha value is -3.17. The third kappa shape index (κ3) is 4.23. The van der Waals surface area contributed by atoms with Crippen molar-refractivity contribution in [2.45, 2.75) is 50.2 Å². The molecule has 9 heteroatoms. The molecule has 186 valence electrons. The zero-order chi connectivity index (χ0) is 25.4. The molecule has 0 aromatic heterocycles. The summed E-state index contributed by atoms with van der Waals surface area (Å²) in [6.45, 7) is 1.83. The topological polar surface area (TPSA) is 110 Å². The number of sulfonamides is 1. The Morgan fingerprint density at radius 3 is 2.29 bits per heavy atom. The highest BCUT2D eigenvalue weighted by Gasteiger charge is 2.56. The Morgan fingerprint density at radius 1 is 1.06 bits per heavy atom. The maximum absolute atomic E-state index is 14.0. The van der Waals surface area contributed by atoms with E-state index >= 15 is 0 Å². The molecule has 0 radical (unpaired) electrons. The minimum absolute atomic E-state index is 0.00317. The number of methoxy groups -OCH3 is 2. The number of carbonyl (C=O) groups excluding carboxylic acids is 2. The third-order valence-electron chi connectivity index (χ3n) is 6.92. The summed E-state index contributed by atoms with van der Waals surface area (Å²) in [5, 5.41) is 11.7. The molecule has 8 nitrogen and oxygen atoms in total. The Morgan fingerprint density at radius 2 is 1.71 bits per heavy atom. The van der Waals surface area contributed by atoms with E-state index < -0.39 is 27.6 Å². The molecule has 1 spiro atoms. The monoisotopic (exact) mass is 499 g/mol. The molecule has 2 atom stereocenters. The minimum Gasteiger partial charge on any atom is -0.497 e. The predicted molar refractivity (Wildman–Crippen MR) is 129 cm³/mol. The zero-order valence-corrected chi connectivity index (χ0v) is 20.8. The van der Waals surface area contributed by atoms with Gasteiger partial charge in [0.25, 0.3) is 10.0 Å². The average Bonchev–Trinajstić information content (AvgIpc) is 2.86. The van der Waals surface area contributed by atoms with Crippen molar-refractivity contribution in [3.8, 4) is 5.75 Å². The molecule has 4 rings (SSSR count). The molecule has 1 aliphatic heterocycles. The average molecular weight is 500 g/mol. The zero-order valence-electron chi connectivity index (χ0n) is 20.0. The van der Waals surface area contributed by atoms with Crippen LogP contribution in [-0.2, 0) is 24.3 Å². The third-order valence-corrected chi connectivity index (χ3v) is 8.69. The van der Waals surface area contributed by atoms with Crippen LogP contribution < -0.4 is 4.74 Å². The number of carbonyl (C=O) groups is 2. The van der Waals surface area contributed by atoms with Gasteiger partial charge in [0.15, 0.2) is 6.23 Å². The molecule has 2 aromatic rings. The molecule has 1 aliphatic carbocycles. The maximum Gasteiger partial charge on any atom is 0.335 e. The number of ketones is 1. The van der Waals surface area contributed by atoms with E-state index in [-0.39, 0.29) is 41.2 Å². The fourth-order valence-electron chi connectivity index (χ4n) is 4.96. The standard InChI is InChI=1S/C26H29NO7S/c1-17-7-13-20(14-8-17)35(31,32)27-23(18-9-11-19(33-2)12-10-18)21(24(29)34-3)16-26(25(27)30)15-5-4-6-22(26)28/h7-14,25,30H,4-6,15-16H2,1-3H3/t25-,26+/m0/s1. The summed E-state index contributed by atoms with van der Waals surface area (Å²) < 4.78 is 39.2. The lowest BCUT2D eigenvalue weighted by Gasteiger charge is -2.49. The van der Waals surface area contributed by atoms with Gasteiger partial charge in [0, 0.05) is 6.42 Å². The molecule has 1 N–H and O–H groups in total. The maximum atomic E-state index is 14.0. The van der Waals surface area contributed by atoms with Crippen molar-refractivity contribution in [1.29, 1.82) is 0 Å². The van der Waals surface area contributed by atoms with Crippen LogP contribution in [0.5, 0.6) is 5.75 Å². The molecule has 2 aliphatic rings. The van der Waals surface area contributed by atoms with Gasteiger partial charge in [-0.05, 0) is 68.1 Å². The SMILES string of the molecule is COC(=O)C1=C(c2ccc(OC)cc2)N(S(=O)(=O)c2ccc(C)cc2)[C@@H](O)[C@]2(CCCCC2=O)C1. The molecule has 2 aromatic carbocycles. The molecule has 0 unspecified atom stereocenters. The minimum atomic E-state index is -4.38. The van der Waals surface area contributed by atoms with Crippen molar-refractivity contribution < 1.29 is 32.6 Å². The van der Waals surface area contributed by atoms with E-state index in [0.717, 1.165) is 9.87 Å². The number of benzene rings is 2. The summed E-state index contributed by atoms with van der Waals surface area (Å²) in [5.74, 6) is -0.461. The molecule has 1 fully saturated rings. The Labute approximate surface area is 205 Å². The first kappa shape index (κ1) is 24.9. The van der Waals surface area contributed by atoms with Crippen molar-refractivity contribution in [1.82, 2.24) is 4.31 Å². The van der Waals surface area contributed by atoms with Crippen molar-refractivity contribution in [2.24, 2.45) is 5.41 Å². The van der Waals surface area contributed by atoms with Gasteiger partial charge < -0.3 is 14.6 Å². The van der Waals surface area contributed by atoms with Gasteiger partial charge in [-0.3, -0.25) is 4.79 Å². The first-order valence-corrected chi connectivity index (χ1v) is 12.9. The van der Waals surface area contributed by atoms with Gasteiger partial charge in [0.1, 0.15) is 11.5 Å². The number of ether oxygens (including phenoxy) is 2. The van der Waals surface area contributed by atoms with E-state index in [2.05, 4.69) is 0 Å². The number of nitrogens with zero attached hydrogens (tertiary/aromatic N) is 1. The van der Waals surface area contributed by atoms with E-state index in [9.17, 15) is 23.1 Å². The van der Waals surface area contributed by atoms with Crippen LogP contribution in [-0.4, -0.2) is 50.0 Å². The van der Waals surface area contributed by atoms with Crippen LogP contribution in [0.1, 0.15) is 43.2 Å². The van der Waals surface area contributed by atoms with Gasteiger partial charge in [-0.1, -0.05) is 24.1 Å². The molecule has 0 saturated heterocycles. The number of hydrogen-bond donors (Lipinski definition) is 1. The van der Waals surface area contributed by atoms with E-state index in [1.165, 1.54) is 26.4 Å². The van der Waals surface area contributed by atoms with Crippen LogP contribution in [0.2, 0.25) is 0 Å². The highest BCUT2D eigenvalue weighted by atomic mass is 32.2. The molecular formula is C26H29NO7S. The van der Waals surface area contributed by atoms with E-state index in [1.54, 1.807) is 36.4 Å². The van der Waals surface area contributed by atoms with Crippen LogP contribution in [0.4, 0.5) is 0 Å². The number of aliphatic hydroxyl groups is 1. The summed E-state index contributed by atoms with van der Waals surface area (Å²) in [6.07, 6.45) is -0.0349. The second-order valence-corrected chi connectivity index (χ2v) is 10.8. The first-order valence-electron chi connectivity index (χ1n) is 11.4. The van der Waals surface area contributed by atoms with Crippen molar-refractivity contribution in [2.75, 3.05) is 14.2 Å². The van der Waals surface area contributed by atoms with Gasteiger partial charge in [-0.15, -0.1) is 0 Å². The first-order chi connectivity index (χ1) is 16.7. The number of aliphatic hydroxyl groups excluding tert-OH is 1. The molecule has 35 heavy (non-hydrogen) atoms. The molecule has 1 saturated carbocycles. The lowest BCUT2D eigenvalue weighted by atomic mass is 9.66. The van der Waals surface area contributed by atoms with Gasteiger partial charge in [-0.2, -0.15) is 0 Å². The summed E-state index contributed by atoms with van der Waals surface area (Å²) >= 11 is 0. The fraction of sp³-hybridized carbons (Fsp3) is 0.385. The van der Waals surface area contributed by atoms with E-state index in [0.29, 0.717) is 24.2 Å². The van der Waals surface area contributed by atoms with Crippen molar-refractivity contribution >= 4 is 27.5 Å². The fourth-order valence-corrected chi connectivity index (χ4v) is 6.59. The Kier molecular flexibility index (Phi) is 6.75. The van der Waals surface area contributed by atoms with Crippen molar-refractivity contribution in [3.63, 3.8) is 0 Å². The molecule has 0 amide bonds. The van der Waals surface area contributed by atoms with Crippen LogP contribution in [0, 0.1) is 12.3 Å². The summed E-state index contributed by atoms with van der Waals surface area (Å²) in [4.78, 5) is 26.2. The molecule has 1 heterocycles. The number of Topliss-reactive ketones (excluding diaryl/α,β-unsaturated/α-hetero) is 1. The quantitative estimate of drug-likeness (QED) is 0.628. The van der Waals surface area contributed by atoms with Gasteiger partial charge in [0.05, 0.1) is 35.8 Å². The highest BCUT2D eigenvalue weighted by molar-refractivity contribution is 7.89. The lowest BCUT2D eigenvalue weighted by Crippen LogP contribution is -2.57. The van der Waals surface area contributed by atoms with Gasteiger partial charge >= 0.3 is 5.97 Å². The lowest BCUT2D eigenvalue weighted by molar-refractivity contribution is -0.147. The van der Waals surface area contributed by atoms with E-state index in [4.69, 9.17) is 9.47 Å². The normalized spacial score (nSPS) is 22.9. The van der Waals surface area contributed by atoms with Gasteiger partial charge in [0.2, 0.25) is 0 Å². The van der Waals surface area contributed by atoms with Crippen LogP contribution >= 0.6 is 0 Å². The van der Waals surface area contributed by atoms with Crippen LogP contribution in [0.25, 0.3) is 5.70 Å². The second-order valence-electron chi connectivity index (χ2n) is 9.00. The summed E-state index contributed by atoms with van der Waals surface area (Å²) in [5.41, 5.74) is -0.164. The van der Waals surface area contributed by atoms with Crippen LogP contribution in [0.3, 0.4) is 0 Å². The smallest absolute Gasteiger partial charge is 0.335 e. The number of hydrogen-bond acceptors (Lipinski definition) is 7. The van der Waals surface area contributed by atoms with E-state index in [1.807, 2.05) is 6.92 Å². The highest BCUT2D eigenvalue weighted by Crippen LogP contribution is 2.51. The predicted octanol–water partition coefficient (Wildman–Crippen LogP) is 3.43. The summed E-state index contributed by atoms with van der Waals surface area (Å²) in [6, 6.07) is 12.7. The van der Waals surface area contributed by atoms with Crippen molar-refractivity contribution in [3.05, 3.63) is 65.2 Å². The second kappa shape index (κ2) is 9.47. The Bertz CT molecular complexity index is 1270. The number of aryl methyl sites for hydroxylation is 1. The number of rotatable bonds is 5. The Balaban J connectivity index is 2.02. The van der Waals surface area contributed by atoms with Gasteiger partial charge in [-0.25, -0.2) is 17.5 Å². The van der Waals surface area contributed by atoms with Crippen LogP contribution in [0.15, 0.2) is 59.0 Å². The number of esters is 1.